The number of carboxylic acid groups (broad SMARTS) is 1. The third-order valence-corrected chi connectivity index (χ3v) is 8.53. The van der Waals surface area contributed by atoms with Gasteiger partial charge in [-0.25, -0.2) is 14.6 Å². The van der Waals surface area contributed by atoms with Gasteiger partial charge in [0.25, 0.3) is 10.1 Å². The number of aromatic nitrogens is 4. The minimum absolute atomic E-state index is 0. The summed E-state index contributed by atoms with van der Waals surface area (Å²) in [6, 6.07) is 14.5. The number of carboxylic acids is 1. The Labute approximate surface area is 497 Å². The van der Waals surface area contributed by atoms with Crippen molar-refractivity contribution in [3.63, 3.8) is 0 Å². The number of esters is 1. The number of methoxy groups -OCH3 is 1. The molecule has 0 fully saturated rings. The van der Waals surface area contributed by atoms with Gasteiger partial charge in [-0.05, 0) is 94.8 Å². The summed E-state index contributed by atoms with van der Waals surface area (Å²) in [5.41, 5.74) is 7.57. The molecule has 4 aromatic heterocycles. The van der Waals surface area contributed by atoms with Crippen molar-refractivity contribution in [2.75, 3.05) is 13.4 Å². The van der Waals surface area contributed by atoms with E-state index in [1.54, 1.807) is 24.3 Å². The molecule has 0 amide bonds. The van der Waals surface area contributed by atoms with Gasteiger partial charge in [0, 0.05) is 69.7 Å². The van der Waals surface area contributed by atoms with Crippen molar-refractivity contribution in [3.8, 4) is 23.7 Å². The molecule has 3 N–H and O–H groups in total. The predicted octanol–water partition coefficient (Wildman–Crippen LogP) is 1.20. The average Bonchev–Trinajstić information content (AvgIpc) is 3.35. The molecule has 4 heterocycles. The molecule has 5 rings (SSSR count). The van der Waals surface area contributed by atoms with Crippen LogP contribution < -0.4 is 29.6 Å². The number of hydrogen-bond donors (Lipinski definition) is 3. The van der Waals surface area contributed by atoms with Gasteiger partial charge < -0.3 is 21.5 Å². The second kappa shape index (κ2) is 55.3. The van der Waals surface area contributed by atoms with Crippen molar-refractivity contribution in [2.45, 2.75) is 80.6 Å². The maximum absolute atomic E-state index is 11.0. The Hall–Kier alpha value is -7.44. The number of halogens is 2. The first-order chi connectivity index (χ1) is 36.3. The molecule has 415 valence electrons. The van der Waals surface area contributed by atoms with Gasteiger partial charge in [0.05, 0.1) is 43.7 Å². The average molecular weight is 1250 g/mol. The monoisotopic (exact) mass is 1250 g/mol. The van der Waals surface area contributed by atoms with Crippen LogP contribution in [0, 0.1) is 51.4 Å². The van der Waals surface area contributed by atoms with Crippen LogP contribution in [-0.2, 0) is 96.4 Å². The van der Waals surface area contributed by atoms with Crippen LogP contribution in [0.1, 0.15) is 96.0 Å². The molecule has 1 aliphatic carbocycles. The van der Waals surface area contributed by atoms with Crippen LogP contribution in [0.3, 0.4) is 0 Å². The number of carbonyl (C=O) groups is 3. The molecule has 0 saturated carbocycles. The van der Waals surface area contributed by atoms with E-state index < -0.39 is 22.1 Å². The van der Waals surface area contributed by atoms with Crippen LogP contribution in [0.4, 0.5) is 0 Å². The molecule has 1 aliphatic rings. The molecule has 0 atom stereocenters. The summed E-state index contributed by atoms with van der Waals surface area (Å²) in [4.78, 5) is 129. The Balaban J connectivity index is -0.000000127. The van der Waals surface area contributed by atoms with Crippen molar-refractivity contribution in [1.82, 2.24) is 19.9 Å². The van der Waals surface area contributed by atoms with Gasteiger partial charge in [0.1, 0.15) is 12.3 Å². The standard InChI is InChI=1S/C12H15NO3S.C11H13NO.C8H8BrNO2.C7H8BrNO.C7H6O3.5CO2.B.Na.H/c1-4-5-6-11-7-10(2)13-12(8-11)9-16-17(3,14)15;1-3-4-5-10-6-9(2)12-11(7-10)8-13;1-5-3-6(9)4-7(10-5)8(11)12-2;1-5-2-6(8)3-7(4-10)9-5;8-6-3-1-2-5(4-6)7(9)10;5*2-1-3;;;/h7-8H,4,9H2,1-3H3;6-7,13H,3,8H2,1-2H3;3-4H,1-2H3;2-3,10H,4H2,1H3;1,3-4H,2H2,(H,9,10);;;;;;;;/q;;;;;;;;;;;+1;-1. The number of nitrogens with zero attached hydrogens (tertiary/aromatic N) is 4. The predicted molar refractivity (Wildman–Crippen MR) is 275 cm³/mol. The largest absolute Gasteiger partial charge is 1.00 e. The van der Waals surface area contributed by atoms with Crippen molar-refractivity contribution >= 4 is 98.9 Å². The summed E-state index contributed by atoms with van der Waals surface area (Å²) in [6.07, 6.45) is 8.29. The Bertz CT molecular complexity index is 2890. The molecule has 0 bridgehead atoms. The minimum Gasteiger partial charge on any atom is -1.00 e. The summed E-state index contributed by atoms with van der Waals surface area (Å²) in [5.74, 6) is 10.2. The summed E-state index contributed by atoms with van der Waals surface area (Å²) >= 11 is 6.57. The number of aliphatic carboxylic acids is 1. The molecule has 0 aromatic carbocycles. The summed E-state index contributed by atoms with van der Waals surface area (Å²) in [5, 5.41) is 26.0. The number of aryl methyl sites for hydroxylation is 4. The molecule has 0 unspecified atom stereocenters. The van der Waals surface area contributed by atoms with Gasteiger partial charge in [0.2, 0.25) is 0 Å². The fourth-order valence-electron chi connectivity index (χ4n) is 4.66. The normalized spacial score (nSPS) is 9.16. The molecule has 3 radical (unpaired) electrons. The Morgan fingerprint density at radius 3 is 1.34 bits per heavy atom. The number of aliphatic hydroxyl groups excluding tert-OH is 2. The molecule has 29 heteroatoms. The van der Waals surface area contributed by atoms with Crippen LogP contribution in [0.5, 0.6) is 0 Å². The van der Waals surface area contributed by atoms with Gasteiger partial charge in [-0.1, -0.05) is 75.5 Å². The van der Waals surface area contributed by atoms with E-state index in [1.165, 1.54) is 13.2 Å². The zero-order valence-electron chi connectivity index (χ0n) is 44.9. The number of aliphatic hydroxyl groups is 2. The van der Waals surface area contributed by atoms with Crippen LogP contribution >= 0.6 is 31.9 Å². The second-order valence-corrected chi connectivity index (χ2v) is 16.7. The summed E-state index contributed by atoms with van der Waals surface area (Å²) in [6.45, 7) is 11.3. The molecule has 0 spiro atoms. The molecular weight excluding hydrogens is 1200 g/mol. The van der Waals surface area contributed by atoms with Crippen molar-refractivity contribution in [2.24, 2.45) is 0 Å². The molecule has 24 nitrogen and oxygen atoms in total. The van der Waals surface area contributed by atoms with Crippen molar-refractivity contribution in [3.05, 3.63) is 138 Å². The zero-order chi connectivity index (χ0) is 60.4. The third-order valence-electron chi connectivity index (χ3n) is 7.07. The fourth-order valence-corrected chi connectivity index (χ4v) is 6.14. The van der Waals surface area contributed by atoms with E-state index in [4.69, 9.17) is 67.4 Å². The maximum atomic E-state index is 11.0. The number of pyridine rings is 4. The van der Waals surface area contributed by atoms with Crippen LogP contribution in [0.15, 0.2) is 81.3 Å². The molecule has 0 saturated heterocycles. The van der Waals surface area contributed by atoms with E-state index in [2.05, 4.69) is 80.2 Å². The van der Waals surface area contributed by atoms with Crippen molar-refractivity contribution < 1.29 is 126 Å². The molecule has 79 heavy (non-hydrogen) atoms. The van der Waals surface area contributed by atoms with E-state index in [9.17, 15) is 22.8 Å². The number of rotatable bonds is 7. The van der Waals surface area contributed by atoms with Crippen molar-refractivity contribution in [1.29, 1.82) is 0 Å². The second-order valence-electron chi connectivity index (χ2n) is 13.2. The minimum atomic E-state index is -3.44. The molecule has 0 aliphatic heterocycles. The van der Waals surface area contributed by atoms with Crippen LogP contribution in [0.2, 0.25) is 0 Å². The van der Waals surface area contributed by atoms with Crippen LogP contribution in [0.25, 0.3) is 0 Å². The first kappa shape index (κ1) is 85.5. The molecular formula is C50H51BBr2N4NaO20S. The zero-order valence-corrected chi connectivity index (χ0v) is 49.9. The number of carbonyl (C=O) groups excluding carboxylic acids is 12. The number of allylic oxidation sites excluding steroid dienone is 3. The Kier molecular flexibility index (Phi) is 59.9. The van der Waals surface area contributed by atoms with E-state index in [0.29, 0.717) is 29.2 Å². The van der Waals surface area contributed by atoms with E-state index in [-0.39, 0.29) is 101 Å². The van der Waals surface area contributed by atoms with Gasteiger partial charge in [-0.2, -0.15) is 56.4 Å². The summed E-state index contributed by atoms with van der Waals surface area (Å²) < 4.78 is 32.7. The smallest absolute Gasteiger partial charge is 1.00 e. The Morgan fingerprint density at radius 1 is 0.646 bits per heavy atom. The Morgan fingerprint density at radius 2 is 1.01 bits per heavy atom. The van der Waals surface area contributed by atoms with Gasteiger partial charge >= 0.3 is 72.3 Å². The summed E-state index contributed by atoms with van der Waals surface area (Å²) in [7, 11) is -2.11. The van der Waals surface area contributed by atoms with Gasteiger partial charge in [0.15, 0.2) is 5.78 Å². The van der Waals surface area contributed by atoms with E-state index in [0.717, 1.165) is 68.0 Å². The van der Waals surface area contributed by atoms with Gasteiger partial charge in [-0.15, -0.1) is 0 Å². The first-order valence-electron chi connectivity index (χ1n) is 20.7. The van der Waals surface area contributed by atoms with Gasteiger partial charge in [-0.3, -0.25) is 23.9 Å². The molecule has 4 aromatic rings. The topological polar surface area (TPSA) is 387 Å². The SMILES string of the molecule is CCC#Cc1cc(C)nc(CO)c1.CCC#Cc1cc(C)nc(COS(C)(=O)=O)c1.COC(=O)c1cc(Br)cc(C)n1.Cc1cc(Br)cc(CO)n1.O=C1C=CCC(C(=O)O)=C1.O=C=O.O=C=O.O=C=O.O=C=O.O=C=O.[B].[H-].[Na+]. The van der Waals surface area contributed by atoms with E-state index in [1.807, 2.05) is 71.9 Å². The van der Waals surface area contributed by atoms with E-state index >= 15 is 0 Å². The first-order valence-corrected chi connectivity index (χ1v) is 24.2. The number of hydrogen-bond acceptors (Lipinski definition) is 23. The number of ether oxygens (including phenoxy) is 1. The third kappa shape index (κ3) is 53.7. The number of ketones is 1. The quantitative estimate of drug-likeness (QED) is 0.101. The maximum Gasteiger partial charge on any atom is 1.00 e. The fraction of sp³-hybridized carbons (Fsp3) is 0.280. The van der Waals surface area contributed by atoms with Crippen LogP contribution in [-0.4, -0.2) is 114 Å².